The van der Waals surface area contributed by atoms with Gasteiger partial charge in [0, 0.05) is 32.8 Å². The third kappa shape index (κ3) is 4.52. The van der Waals surface area contributed by atoms with Crippen molar-refractivity contribution in [1.82, 2.24) is 0 Å². The van der Waals surface area contributed by atoms with Crippen LogP contribution in [-0.4, -0.2) is 11.8 Å². The van der Waals surface area contributed by atoms with Crippen molar-refractivity contribution >= 4 is 38.9 Å². The topological polar surface area (TPSA) is 72.2 Å². The number of hydrogen-bond donors (Lipinski definition) is 2. The average Bonchev–Trinajstić information content (AvgIpc) is 3.22. The molecule has 1 aromatic heterocycles. The van der Waals surface area contributed by atoms with Gasteiger partial charge in [0.05, 0.1) is 0 Å². The van der Waals surface area contributed by atoms with Crippen LogP contribution in [0.15, 0.2) is 78.2 Å². The number of nitrogens with one attached hydrogen (secondary N) is 1. The van der Waals surface area contributed by atoms with Gasteiger partial charge in [-0.2, -0.15) is 0 Å². The molecule has 0 aliphatic rings. The Morgan fingerprint density at radius 2 is 1.71 bits per heavy atom. The molecule has 3 N–H and O–H groups in total. The Morgan fingerprint density at radius 1 is 0.968 bits per heavy atom. The maximum absolute atomic E-state index is 12.9. The maximum Gasteiger partial charge on any atom is 0.249 e. The molecule has 0 aliphatic heterocycles. The Kier molecular flexibility index (Phi) is 6.14. The summed E-state index contributed by atoms with van der Waals surface area (Å²) in [5.41, 5.74) is 9.56. The molecule has 0 spiro atoms. The van der Waals surface area contributed by atoms with Gasteiger partial charge in [-0.3, -0.25) is 9.59 Å². The molecule has 0 bridgehead atoms. The summed E-state index contributed by atoms with van der Waals surface area (Å²) in [7, 11) is 0. The lowest BCUT2D eigenvalue weighted by Gasteiger charge is -2.16. The number of amides is 2. The van der Waals surface area contributed by atoms with Crippen LogP contribution in [-0.2, 0) is 11.2 Å². The fourth-order valence-corrected chi connectivity index (χ4v) is 4.77. The predicted octanol–water partition coefficient (Wildman–Crippen LogP) is 5.87. The largest absolute Gasteiger partial charge is 0.366 e. The van der Waals surface area contributed by atoms with E-state index >= 15 is 0 Å². The Balaban J connectivity index is 1.60. The average molecular weight is 429 g/mol. The van der Waals surface area contributed by atoms with Crippen LogP contribution < -0.4 is 11.1 Å². The van der Waals surface area contributed by atoms with Crippen molar-refractivity contribution in [3.05, 3.63) is 89.3 Å². The molecule has 31 heavy (non-hydrogen) atoms. The zero-order valence-corrected chi connectivity index (χ0v) is 18.1. The fraction of sp³-hybridized carbons (Fsp3) is 0.154. The molecular formula is C26H24N2O2S. The van der Waals surface area contributed by atoms with Gasteiger partial charge in [0.2, 0.25) is 11.8 Å². The van der Waals surface area contributed by atoms with Crippen LogP contribution in [0.5, 0.6) is 0 Å². The summed E-state index contributed by atoms with van der Waals surface area (Å²) >= 11 is 1.63. The molecule has 4 aromatic rings. The lowest BCUT2D eigenvalue weighted by atomic mass is 9.95. The molecule has 1 unspecified atom stereocenters. The number of carbonyl (C=O) groups is 2. The van der Waals surface area contributed by atoms with Gasteiger partial charge < -0.3 is 11.1 Å². The monoisotopic (exact) mass is 428 g/mol. The number of primary amides is 1. The number of hydrogen-bond acceptors (Lipinski definition) is 3. The van der Waals surface area contributed by atoms with E-state index in [1.54, 1.807) is 17.4 Å². The van der Waals surface area contributed by atoms with Crippen molar-refractivity contribution < 1.29 is 9.59 Å². The standard InChI is InChI=1S/C26H24N2O2S/c1-2-18(14-17-8-4-3-5-9-17)26(30)28-19-12-13-20(22(15-19)25(27)29)23-16-31-24-11-7-6-10-21(23)24/h3-13,15-16,18H,2,14H2,1H3,(H2,27,29)(H,28,30). The lowest BCUT2D eigenvalue weighted by Crippen LogP contribution is -2.24. The summed E-state index contributed by atoms with van der Waals surface area (Å²) in [6.07, 6.45) is 1.40. The van der Waals surface area contributed by atoms with Crippen LogP contribution in [0, 0.1) is 5.92 Å². The van der Waals surface area contributed by atoms with Crippen molar-refractivity contribution in [2.75, 3.05) is 5.32 Å². The molecule has 1 atom stereocenters. The molecule has 4 nitrogen and oxygen atoms in total. The quantitative estimate of drug-likeness (QED) is 0.386. The number of nitrogens with two attached hydrogens (primary N) is 1. The van der Waals surface area contributed by atoms with E-state index in [2.05, 4.69) is 11.4 Å². The van der Waals surface area contributed by atoms with Crippen LogP contribution in [0.2, 0.25) is 0 Å². The predicted molar refractivity (Wildman–Crippen MR) is 128 cm³/mol. The van der Waals surface area contributed by atoms with Gasteiger partial charge in [0.1, 0.15) is 0 Å². The highest BCUT2D eigenvalue weighted by atomic mass is 32.1. The smallest absolute Gasteiger partial charge is 0.249 e. The second-order valence-corrected chi connectivity index (χ2v) is 8.47. The number of fused-ring (bicyclic) bond motifs is 1. The first-order valence-corrected chi connectivity index (χ1v) is 11.2. The zero-order chi connectivity index (χ0) is 21.8. The normalized spacial score (nSPS) is 11.9. The van der Waals surface area contributed by atoms with Crippen LogP contribution in [0.1, 0.15) is 29.3 Å². The Morgan fingerprint density at radius 3 is 2.45 bits per heavy atom. The van der Waals surface area contributed by atoms with Gasteiger partial charge in [-0.25, -0.2) is 0 Å². The van der Waals surface area contributed by atoms with E-state index in [9.17, 15) is 9.59 Å². The van der Waals surface area contributed by atoms with E-state index in [1.165, 1.54) is 0 Å². The summed E-state index contributed by atoms with van der Waals surface area (Å²) in [4.78, 5) is 25.1. The number of thiophene rings is 1. The van der Waals surface area contributed by atoms with E-state index in [-0.39, 0.29) is 11.8 Å². The van der Waals surface area contributed by atoms with E-state index in [4.69, 9.17) is 5.73 Å². The van der Waals surface area contributed by atoms with Gasteiger partial charge in [0.25, 0.3) is 0 Å². The molecule has 0 saturated heterocycles. The SMILES string of the molecule is CCC(Cc1ccccc1)C(=O)Nc1ccc(-c2csc3ccccc23)c(C(N)=O)c1. The fourth-order valence-electron chi connectivity index (χ4n) is 3.81. The van der Waals surface area contributed by atoms with Gasteiger partial charge in [-0.05, 0) is 47.5 Å². The molecule has 1 heterocycles. The Hall–Kier alpha value is -3.44. The van der Waals surface area contributed by atoms with Crippen LogP contribution >= 0.6 is 11.3 Å². The lowest BCUT2D eigenvalue weighted by molar-refractivity contribution is -0.119. The minimum absolute atomic E-state index is 0.0597. The Bertz CT molecular complexity index is 1230. The van der Waals surface area contributed by atoms with E-state index < -0.39 is 5.91 Å². The summed E-state index contributed by atoms with van der Waals surface area (Å²) in [6, 6.07) is 23.4. The number of rotatable bonds is 7. The summed E-state index contributed by atoms with van der Waals surface area (Å²) in [6.45, 7) is 2.01. The first-order chi connectivity index (χ1) is 15.1. The first kappa shape index (κ1) is 20.8. The molecule has 0 aliphatic carbocycles. The second kappa shape index (κ2) is 9.14. The summed E-state index contributed by atoms with van der Waals surface area (Å²) in [5, 5.41) is 6.10. The highest BCUT2D eigenvalue weighted by molar-refractivity contribution is 7.17. The van der Waals surface area contributed by atoms with Crippen molar-refractivity contribution in [2.24, 2.45) is 11.7 Å². The van der Waals surface area contributed by atoms with Crippen LogP contribution in [0.25, 0.3) is 21.2 Å². The zero-order valence-electron chi connectivity index (χ0n) is 17.3. The molecule has 0 fully saturated rings. The van der Waals surface area contributed by atoms with Gasteiger partial charge in [-0.15, -0.1) is 11.3 Å². The van der Waals surface area contributed by atoms with Crippen molar-refractivity contribution in [2.45, 2.75) is 19.8 Å². The van der Waals surface area contributed by atoms with E-state index in [1.807, 2.05) is 73.0 Å². The van der Waals surface area contributed by atoms with Crippen LogP contribution in [0.4, 0.5) is 5.69 Å². The molecule has 0 radical (unpaired) electrons. The van der Waals surface area contributed by atoms with Gasteiger partial charge in [-0.1, -0.05) is 61.5 Å². The minimum atomic E-state index is -0.516. The maximum atomic E-state index is 12.9. The molecule has 0 saturated carbocycles. The molecular weight excluding hydrogens is 404 g/mol. The third-order valence-electron chi connectivity index (χ3n) is 5.51. The Labute approximate surface area is 185 Å². The number of carbonyl (C=O) groups excluding carboxylic acids is 2. The van der Waals surface area contributed by atoms with Crippen molar-refractivity contribution in [3.8, 4) is 11.1 Å². The highest BCUT2D eigenvalue weighted by Crippen LogP contribution is 2.36. The second-order valence-electron chi connectivity index (χ2n) is 7.55. The summed E-state index contributed by atoms with van der Waals surface area (Å²) in [5.74, 6) is -0.729. The van der Waals surface area contributed by atoms with E-state index in [0.29, 0.717) is 17.7 Å². The third-order valence-corrected chi connectivity index (χ3v) is 6.48. The number of benzene rings is 3. The molecule has 156 valence electrons. The first-order valence-electron chi connectivity index (χ1n) is 10.3. The van der Waals surface area contributed by atoms with Crippen molar-refractivity contribution in [3.63, 3.8) is 0 Å². The minimum Gasteiger partial charge on any atom is -0.366 e. The van der Waals surface area contributed by atoms with Crippen LogP contribution in [0.3, 0.4) is 0 Å². The number of anilines is 1. The molecule has 3 aromatic carbocycles. The van der Waals surface area contributed by atoms with Gasteiger partial charge in [0.15, 0.2) is 0 Å². The van der Waals surface area contributed by atoms with Gasteiger partial charge >= 0.3 is 0 Å². The summed E-state index contributed by atoms with van der Waals surface area (Å²) < 4.78 is 1.15. The molecule has 4 rings (SSSR count). The molecule has 5 heteroatoms. The molecule has 2 amide bonds. The van der Waals surface area contributed by atoms with E-state index in [0.717, 1.165) is 33.2 Å². The van der Waals surface area contributed by atoms with Crippen molar-refractivity contribution in [1.29, 1.82) is 0 Å². The highest BCUT2D eigenvalue weighted by Gasteiger charge is 2.19.